The van der Waals surface area contributed by atoms with Gasteiger partial charge in [-0.05, 0) is 32.6 Å². The summed E-state index contributed by atoms with van der Waals surface area (Å²) in [6.07, 6.45) is 8.40. The van der Waals surface area contributed by atoms with Crippen LogP contribution in [0.15, 0.2) is 12.7 Å². The van der Waals surface area contributed by atoms with E-state index in [2.05, 4.69) is 23.9 Å². The van der Waals surface area contributed by atoms with Crippen molar-refractivity contribution >= 4 is 0 Å². The molecule has 2 heteroatoms. The molecule has 0 aromatic carbocycles. The Kier molecular flexibility index (Phi) is 5.09. The number of nitrogens with zero attached hydrogens (tertiary/aromatic N) is 1. The largest absolute Gasteiger partial charge is 0.252 e. The van der Waals surface area contributed by atoms with Crippen LogP contribution in [0.2, 0.25) is 0 Å². The van der Waals surface area contributed by atoms with Crippen LogP contribution in [0.25, 0.3) is 0 Å². The standard InChI is InChI=1S/C11H22N2/c1-3-4-8-11(2)12-13-9-6-5-7-10-13/h3,11-12H,1,4-10H2,2H3. The number of piperidine rings is 1. The molecule has 0 saturated carbocycles. The highest BCUT2D eigenvalue weighted by Gasteiger charge is 2.11. The van der Waals surface area contributed by atoms with E-state index >= 15 is 0 Å². The van der Waals surface area contributed by atoms with Crippen molar-refractivity contribution in [2.75, 3.05) is 13.1 Å². The molecule has 0 aliphatic carbocycles. The molecular weight excluding hydrogens is 160 g/mol. The van der Waals surface area contributed by atoms with Crippen LogP contribution in [0, 0.1) is 0 Å². The molecule has 2 nitrogen and oxygen atoms in total. The molecule has 1 N–H and O–H groups in total. The lowest BCUT2D eigenvalue weighted by molar-refractivity contribution is 0.130. The number of hydrogen-bond acceptors (Lipinski definition) is 2. The fourth-order valence-corrected chi connectivity index (χ4v) is 1.77. The van der Waals surface area contributed by atoms with E-state index in [-0.39, 0.29) is 0 Å². The molecule has 0 aromatic heterocycles. The smallest absolute Gasteiger partial charge is 0.0189 e. The van der Waals surface area contributed by atoms with Crippen LogP contribution in [-0.2, 0) is 0 Å². The van der Waals surface area contributed by atoms with Gasteiger partial charge in [0.2, 0.25) is 0 Å². The summed E-state index contributed by atoms with van der Waals surface area (Å²) in [5, 5.41) is 2.37. The van der Waals surface area contributed by atoms with Crippen LogP contribution in [0.4, 0.5) is 0 Å². The molecule has 1 unspecified atom stereocenters. The molecule has 0 bridgehead atoms. The van der Waals surface area contributed by atoms with Crippen molar-refractivity contribution in [3.63, 3.8) is 0 Å². The van der Waals surface area contributed by atoms with Gasteiger partial charge in [-0.2, -0.15) is 0 Å². The molecule has 1 heterocycles. The molecule has 13 heavy (non-hydrogen) atoms. The second-order valence-corrected chi connectivity index (χ2v) is 3.94. The molecule has 76 valence electrons. The Morgan fingerprint density at radius 1 is 1.38 bits per heavy atom. The van der Waals surface area contributed by atoms with Gasteiger partial charge in [-0.25, -0.2) is 5.01 Å². The number of hydrazine groups is 1. The van der Waals surface area contributed by atoms with Gasteiger partial charge in [0.15, 0.2) is 0 Å². The Bertz CT molecular complexity index is 139. The minimum Gasteiger partial charge on any atom is -0.252 e. The number of nitrogens with one attached hydrogen (secondary N) is 1. The molecule has 1 aliphatic heterocycles. The second-order valence-electron chi connectivity index (χ2n) is 3.94. The summed E-state index contributed by atoms with van der Waals surface area (Å²) in [6, 6.07) is 0.594. The topological polar surface area (TPSA) is 15.3 Å². The van der Waals surface area contributed by atoms with Crippen molar-refractivity contribution in [2.24, 2.45) is 0 Å². The fraction of sp³-hybridized carbons (Fsp3) is 0.818. The van der Waals surface area contributed by atoms with Gasteiger partial charge in [0.25, 0.3) is 0 Å². The lowest BCUT2D eigenvalue weighted by Gasteiger charge is -2.30. The lowest BCUT2D eigenvalue weighted by Crippen LogP contribution is -2.46. The Balaban J connectivity index is 2.10. The van der Waals surface area contributed by atoms with E-state index in [4.69, 9.17) is 0 Å². The number of hydrogen-bond donors (Lipinski definition) is 1. The first kappa shape index (κ1) is 10.7. The molecule has 1 aliphatic rings. The lowest BCUT2D eigenvalue weighted by atomic mass is 10.1. The molecule has 0 aromatic rings. The summed E-state index contributed by atoms with van der Waals surface area (Å²) in [4.78, 5) is 0. The fourth-order valence-electron chi connectivity index (χ4n) is 1.77. The van der Waals surface area contributed by atoms with Crippen LogP contribution in [-0.4, -0.2) is 24.1 Å². The minimum atomic E-state index is 0.594. The summed E-state index contributed by atoms with van der Waals surface area (Å²) < 4.78 is 0. The van der Waals surface area contributed by atoms with Gasteiger partial charge in [0.05, 0.1) is 0 Å². The molecule has 0 amide bonds. The molecule has 0 spiro atoms. The Morgan fingerprint density at radius 2 is 2.08 bits per heavy atom. The van der Waals surface area contributed by atoms with Gasteiger partial charge in [-0.3, -0.25) is 5.43 Å². The van der Waals surface area contributed by atoms with Crippen molar-refractivity contribution in [3.05, 3.63) is 12.7 Å². The highest BCUT2D eigenvalue weighted by molar-refractivity contribution is 4.71. The van der Waals surface area contributed by atoms with E-state index in [1.807, 2.05) is 6.08 Å². The molecule has 0 radical (unpaired) electrons. The van der Waals surface area contributed by atoms with Crippen molar-refractivity contribution in [1.82, 2.24) is 10.4 Å². The quantitative estimate of drug-likeness (QED) is 0.656. The minimum absolute atomic E-state index is 0.594. The normalized spacial score (nSPS) is 21.3. The Labute approximate surface area is 82.0 Å². The van der Waals surface area contributed by atoms with Crippen LogP contribution in [0.1, 0.15) is 39.0 Å². The van der Waals surface area contributed by atoms with E-state index in [1.165, 1.54) is 38.8 Å². The van der Waals surface area contributed by atoms with E-state index < -0.39 is 0 Å². The molecule has 1 atom stereocenters. The van der Waals surface area contributed by atoms with Crippen molar-refractivity contribution in [3.8, 4) is 0 Å². The highest BCUT2D eigenvalue weighted by atomic mass is 15.5. The zero-order valence-corrected chi connectivity index (χ0v) is 8.76. The SMILES string of the molecule is C=CCCC(C)NN1CCCCC1. The third-order valence-electron chi connectivity index (χ3n) is 2.56. The van der Waals surface area contributed by atoms with E-state index in [0.717, 1.165) is 6.42 Å². The summed E-state index contributed by atoms with van der Waals surface area (Å²) in [6.45, 7) is 8.43. The van der Waals surface area contributed by atoms with Crippen LogP contribution >= 0.6 is 0 Å². The average Bonchev–Trinajstić information content (AvgIpc) is 2.16. The van der Waals surface area contributed by atoms with E-state index in [1.54, 1.807) is 0 Å². The van der Waals surface area contributed by atoms with Gasteiger partial charge in [-0.1, -0.05) is 12.5 Å². The molecule has 1 saturated heterocycles. The predicted molar refractivity (Wildman–Crippen MR) is 57.5 cm³/mol. The van der Waals surface area contributed by atoms with E-state index in [9.17, 15) is 0 Å². The maximum atomic E-state index is 3.74. The van der Waals surface area contributed by atoms with Gasteiger partial charge >= 0.3 is 0 Å². The maximum absolute atomic E-state index is 3.74. The average molecular weight is 182 g/mol. The van der Waals surface area contributed by atoms with E-state index in [0.29, 0.717) is 6.04 Å². The zero-order chi connectivity index (χ0) is 9.52. The second kappa shape index (κ2) is 6.17. The Morgan fingerprint density at radius 3 is 2.69 bits per heavy atom. The van der Waals surface area contributed by atoms with Crippen LogP contribution < -0.4 is 5.43 Å². The van der Waals surface area contributed by atoms with Crippen molar-refractivity contribution in [2.45, 2.75) is 45.1 Å². The highest BCUT2D eigenvalue weighted by Crippen LogP contribution is 2.07. The summed E-state index contributed by atoms with van der Waals surface area (Å²) in [5.41, 5.74) is 3.54. The first-order valence-electron chi connectivity index (χ1n) is 5.45. The monoisotopic (exact) mass is 182 g/mol. The third kappa shape index (κ3) is 4.44. The summed E-state index contributed by atoms with van der Waals surface area (Å²) >= 11 is 0. The van der Waals surface area contributed by atoms with Crippen LogP contribution in [0.3, 0.4) is 0 Å². The number of allylic oxidation sites excluding steroid dienone is 1. The molecular formula is C11H22N2. The van der Waals surface area contributed by atoms with Gasteiger partial charge in [0.1, 0.15) is 0 Å². The van der Waals surface area contributed by atoms with Crippen molar-refractivity contribution in [1.29, 1.82) is 0 Å². The Hall–Kier alpha value is -0.340. The first-order valence-corrected chi connectivity index (χ1v) is 5.45. The predicted octanol–water partition coefficient (Wildman–Crippen LogP) is 2.33. The van der Waals surface area contributed by atoms with Gasteiger partial charge in [-0.15, -0.1) is 6.58 Å². The summed E-state index contributed by atoms with van der Waals surface area (Å²) in [7, 11) is 0. The molecule has 1 rings (SSSR count). The summed E-state index contributed by atoms with van der Waals surface area (Å²) in [5.74, 6) is 0. The van der Waals surface area contributed by atoms with Gasteiger partial charge in [0, 0.05) is 19.1 Å². The van der Waals surface area contributed by atoms with Crippen molar-refractivity contribution < 1.29 is 0 Å². The molecule has 1 fully saturated rings. The zero-order valence-electron chi connectivity index (χ0n) is 8.76. The number of rotatable bonds is 5. The van der Waals surface area contributed by atoms with Crippen LogP contribution in [0.5, 0.6) is 0 Å². The van der Waals surface area contributed by atoms with Gasteiger partial charge < -0.3 is 0 Å². The third-order valence-corrected chi connectivity index (χ3v) is 2.56. The maximum Gasteiger partial charge on any atom is 0.0189 e. The first-order chi connectivity index (χ1) is 6.33.